The molecule has 6 nitrogen and oxygen atoms in total. The Morgan fingerprint density at radius 3 is 3.10 bits per heavy atom. The van der Waals surface area contributed by atoms with Crippen molar-refractivity contribution in [1.29, 1.82) is 0 Å². The monoisotopic (exact) mass is 308 g/mol. The predicted molar refractivity (Wildman–Crippen MR) is 82.7 cm³/mol. The number of likely N-dealkylation sites (tertiary alicyclic amines) is 1. The third-order valence-corrected chi connectivity index (χ3v) is 4.56. The molecule has 0 radical (unpaired) electrons. The summed E-state index contributed by atoms with van der Waals surface area (Å²) in [5, 5.41) is 11.8. The third kappa shape index (κ3) is 3.16. The second kappa shape index (κ2) is 5.84. The first-order chi connectivity index (χ1) is 10.0. The molecule has 21 heavy (non-hydrogen) atoms. The highest BCUT2D eigenvalue weighted by Gasteiger charge is 2.31. The molecule has 7 heteroatoms. The Bertz CT molecular complexity index is 681. The molecule has 0 aliphatic carbocycles. The quantitative estimate of drug-likeness (QED) is 0.877. The van der Waals surface area contributed by atoms with Gasteiger partial charge in [0.2, 0.25) is 0 Å². The fourth-order valence-corrected chi connectivity index (χ4v) is 3.68. The SMILES string of the molecule is CN(C)CC1CC(O)CN1Cc1cc(=O)n2ccsc2n1. The van der Waals surface area contributed by atoms with Crippen molar-refractivity contribution >= 4 is 16.3 Å². The maximum absolute atomic E-state index is 12.0. The first-order valence-corrected chi connectivity index (χ1v) is 7.93. The smallest absolute Gasteiger partial charge is 0.258 e. The molecule has 0 saturated carbocycles. The van der Waals surface area contributed by atoms with Crippen LogP contribution in [0.3, 0.4) is 0 Å². The van der Waals surface area contributed by atoms with Crippen molar-refractivity contribution in [1.82, 2.24) is 19.2 Å². The Hall–Kier alpha value is -1.28. The van der Waals surface area contributed by atoms with Crippen LogP contribution >= 0.6 is 11.3 Å². The van der Waals surface area contributed by atoms with Crippen LogP contribution in [0.5, 0.6) is 0 Å². The van der Waals surface area contributed by atoms with Gasteiger partial charge in [-0.1, -0.05) is 0 Å². The lowest BCUT2D eigenvalue weighted by atomic mass is 10.2. The summed E-state index contributed by atoms with van der Waals surface area (Å²) in [6, 6.07) is 1.90. The number of fused-ring (bicyclic) bond motifs is 1. The number of aliphatic hydroxyl groups is 1. The lowest BCUT2D eigenvalue weighted by Crippen LogP contribution is -2.37. The maximum atomic E-state index is 12.0. The number of nitrogens with zero attached hydrogens (tertiary/aromatic N) is 4. The summed E-state index contributed by atoms with van der Waals surface area (Å²) in [6.07, 6.45) is 2.23. The molecule has 3 heterocycles. The second-order valence-electron chi connectivity index (χ2n) is 5.88. The molecular weight excluding hydrogens is 288 g/mol. The number of aliphatic hydroxyl groups excluding tert-OH is 1. The van der Waals surface area contributed by atoms with Gasteiger partial charge in [0.05, 0.1) is 11.8 Å². The van der Waals surface area contributed by atoms with Gasteiger partial charge in [-0.05, 0) is 20.5 Å². The van der Waals surface area contributed by atoms with E-state index in [1.807, 2.05) is 19.5 Å². The normalized spacial score (nSPS) is 23.4. The number of rotatable bonds is 4. The number of thiazole rings is 1. The van der Waals surface area contributed by atoms with E-state index in [4.69, 9.17) is 0 Å². The number of hydrogen-bond donors (Lipinski definition) is 1. The zero-order valence-electron chi connectivity index (χ0n) is 12.3. The molecule has 1 saturated heterocycles. The Morgan fingerprint density at radius 2 is 2.33 bits per heavy atom. The van der Waals surface area contributed by atoms with E-state index in [1.165, 1.54) is 11.3 Å². The van der Waals surface area contributed by atoms with Gasteiger partial charge in [-0.25, -0.2) is 4.98 Å². The van der Waals surface area contributed by atoms with Crippen molar-refractivity contribution in [3.8, 4) is 0 Å². The summed E-state index contributed by atoms with van der Waals surface area (Å²) < 4.78 is 1.56. The lowest BCUT2D eigenvalue weighted by molar-refractivity contribution is 0.168. The van der Waals surface area contributed by atoms with Crippen LogP contribution in [0.15, 0.2) is 22.4 Å². The molecule has 3 rings (SSSR count). The molecule has 2 aromatic rings. The topological polar surface area (TPSA) is 61.1 Å². The third-order valence-electron chi connectivity index (χ3n) is 3.80. The Balaban J connectivity index is 1.81. The van der Waals surface area contributed by atoms with Crippen LogP contribution in [0.25, 0.3) is 4.96 Å². The van der Waals surface area contributed by atoms with Crippen molar-refractivity contribution in [2.75, 3.05) is 27.2 Å². The summed E-state index contributed by atoms with van der Waals surface area (Å²) in [7, 11) is 4.07. The van der Waals surface area contributed by atoms with E-state index in [1.54, 1.807) is 16.7 Å². The first kappa shape index (κ1) is 14.6. The number of β-amino-alcohol motifs (C(OH)–C–C–N with tert-alkyl or cyclic N) is 1. The highest BCUT2D eigenvalue weighted by molar-refractivity contribution is 7.15. The van der Waals surface area contributed by atoms with Gasteiger partial charge in [-0.15, -0.1) is 11.3 Å². The number of hydrogen-bond acceptors (Lipinski definition) is 6. The fourth-order valence-electron chi connectivity index (χ4n) is 2.94. The van der Waals surface area contributed by atoms with E-state index in [0.29, 0.717) is 19.1 Å². The summed E-state index contributed by atoms with van der Waals surface area (Å²) in [5.74, 6) is 0. The molecule has 0 spiro atoms. The van der Waals surface area contributed by atoms with E-state index >= 15 is 0 Å². The summed E-state index contributed by atoms with van der Waals surface area (Å²) >= 11 is 1.46. The van der Waals surface area contributed by atoms with E-state index in [2.05, 4.69) is 14.8 Å². The Morgan fingerprint density at radius 1 is 1.52 bits per heavy atom. The molecule has 1 aliphatic rings. The molecule has 1 N–H and O–H groups in total. The minimum atomic E-state index is -0.290. The van der Waals surface area contributed by atoms with Crippen LogP contribution in [-0.2, 0) is 6.54 Å². The van der Waals surface area contributed by atoms with Crippen LogP contribution in [0.2, 0.25) is 0 Å². The van der Waals surface area contributed by atoms with Crippen LogP contribution in [-0.4, -0.2) is 63.6 Å². The molecule has 0 aromatic carbocycles. The van der Waals surface area contributed by atoms with Crippen molar-refractivity contribution in [2.24, 2.45) is 0 Å². The van der Waals surface area contributed by atoms with Gasteiger partial charge in [-0.2, -0.15) is 0 Å². The summed E-state index contributed by atoms with van der Waals surface area (Å²) in [4.78, 5) is 21.6. The fraction of sp³-hybridized carbons (Fsp3) is 0.571. The lowest BCUT2D eigenvalue weighted by Gasteiger charge is -2.26. The standard InChI is InChI=1S/C14H20N4O2S/c1-16(2)8-11-6-12(19)9-17(11)7-10-5-13(20)18-3-4-21-14(18)15-10/h3-5,11-12,19H,6-9H2,1-2H3. The van der Waals surface area contributed by atoms with Gasteiger partial charge in [-0.3, -0.25) is 14.1 Å². The molecular formula is C14H20N4O2S. The van der Waals surface area contributed by atoms with Gasteiger partial charge in [0.25, 0.3) is 5.56 Å². The zero-order chi connectivity index (χ0) is 15.0. The summed E-state index contributed by atoms with van der Waals surface area (Å²) in [6.45, 7) is 2.15. The highest BCUT2D eigenvalue weighted by atomic mass is 32.1. The van der Waals surface area contributed by atoms with E-state index in [0.717, 1.165) is 23.6 Å². The van der Waals surface area contributed by atoms with Gasteiger partial charge in [0.15, 0.2) is 4.96 Å². The zero-order valence-corrected chi connectivity index (χ0v) is 13.1. The average molecular weight is 308 g/mol. The van der Waals surface area contributed by atoms with Crippen molar-refractivity contribution in [2.45, 2.75) is 25.1 Å². The van der Waals surface area contributed by atoms with E-state index < -0.39 is 0 Å². The predicted octanol–water partition coefficient (Wildman–Crippen LogP) is 0.253. The summed E-state index contributed by atoms with van der Waals surface area (Å²) in [5.41, 5.74) is 0.737. The van der Waals surface area contributed by atoms with E-state index in [-0.39, 0.29) is 11.7 Å². The van der Waals surface area contributed by atoms with Gasteiger partial charge < -0.3 is 10.0 Å². The second-order valence-corrected chi connectivity index (χ2v) is 6.75. The number of likely N-dealkylation sites (N-methyl/N-ethyl adjacent to an activating group) is 1. The molecule has 1 fully saturated rings. The molecule has 2 aromatic heterocycles. The van der Waals surface area contributed by atoms with Gasteiger partial charge in [0.1, 0.15) is 0 Å². The first-order valence-electron chi connectivity index (χ1n) is 7.05. The van der Waals surface area contributed by atoms with Crippen LogP contribution in [0, 0.1) is 0 Å². The highest BCUT2D eigenvalue weighted by Crippen LogP contribution is 2.20. The molecule has 1 aliphatic heterocycles. The van der Waals surface area contributed by atoms with Crippen molar-refractivity contribution < 1.29 is 5.11 Å². The maximum Gasteiger partial charge on any atom is 0.258 e. The number of aromatic nitrogens is 2. The minimum absolute atomic E-state index is 0.0415. The molecule has 2 unspecified atom stereocenters. The molecule has 2 atom stereocenters. The molecule has 114 valence electrons. The molecule has 0 bridgehead atoms. The Kier molecular flexibility index (Phi) is 4.08. The Labute approximate surface area is 127 Å². The van der Waals surface area contributed by atoms with Crippen molar-refractivity contribution in [3.63, 3.8) is 0 Å². The van der Waals surface area contributed by atoms with Crippen LogP contribution in [0.1, 0.15) is 12.1 Å². The van der Waals surface area contributed by atoms with Crippen molar-refractivity contribution in [3.05, 3.63) is 33.7 Å². The largest absolute Gasteiger partial charge is 0.392 e. The van der Waals surface area contributed by atoms with Crippen LogP contribution in [0.4, 0.5) is 0 Å². The van der Waals surface area contributed by atoms with E-state index in [9.17, 15) is 9.90 Å². The van der Waals surface area contributed by atoms with Gasteiger partial charge in [0, 0.05) is 43.3 Å². The van der Waals surface area contributed by atoms with Gasteiger partial charge >= 0.3 is 0 Å². The minimum Gasteiger partial charge on any atom is -0.392 e. The van der Waals surface area contributed by atoms with Crippen LogP contribution < -0.4 is 5.56 Å². The average Bonchev–Trinajstić information content (AvgIpc) is 2.96. The molecule has 0 amide bonds.